The number of rotatable bonds is 5. The summed E-state index contributed by atoms with van der Waals surface area (Å²) in [6.45, 7) is 8.65. The first kappa shape index (κ1) is 25.7. The molecule has 0 aliphatic heterocycles. The molecular formula is C17H30ClF3NOP. The molecule has 7 heteroatoms. The standard InChI is InChI=1S/C9H9ClF3N.C6H15OP.C2H6/c1-5-3-6(9(11,12)13)8(14-2)7(10)4-5;1-3-6(8)4-5-7-2;1-2/h3-4,14H,1-2H3;6H,3-5,8H2,1-2H3;1-2H3. The van der Waals surface area contributed by atoms with E-state index in [2.05, 4.69) is 21.5 Å². The molecular weight excluding hydrogens is 358 g/mol. The van der Waals surface area contributed by atoms with Crippen molar-refractivity contribution in [3.63, 3.8) is 0 Å². The Bertz CT molecular complexity index is 456. The van der Waals surface area contributed by atoms with Crippen LogP contribution in [0.5, 0.6) is 0 Å². The first-order valence-corrected chi connectivity index (χ1v) is 9.01. The van der Waals surface area contributed by atoms with Crippen molar-refractivity contribution in [3.05, 3.63) is 28.3 Å². The minimum atomic E-state index is -4.38. The summed E-state index contributed by atoms with van der Waals surface area (Å²) in [7, 11) is 5.96. The zero-order valence-electron chi connectivity index (χ0n) is 15.4. The van der Waals surface area contributed by atoms with E-state index in [-0.39, 0.29) is 10.7 Å². The summed E-state index contributed by atoms with van der Waals surface area (Å²) in [5, 5.41) is 2.53. The fraction of sp³-hybridized carbons (Fsp3) is 0.647. The molecule has 1 aromatic carbocycles. The molecule has 1 rings (SSSR count). The van der Waals surface area contributed by atoms with Gasteiger partial charge in [0.1, 0.15) is 0 Å². The van der Waals surface area contributed by atoms with E-state index in [9.17, 15) is 13.2 Å². The first-order valence-electron chi connectivity index (χ1n) is 7.96. The maximum absolute atomic E-state index is 12.5. The maximum Gasteiger partial charge on any atom is 0.418 e. The Kier molecular flexibility index (Phi) is 14.7. The van der Waals surface area contributed by atoms with Gasteiger partial charge in [-0.15, -0.1) is 9.24 Å². The zero-order chi connectivity index (χ0) is 19.3. The molecule has 0 amide bonds. The van der Waals surface area contributed by atoms with Crippen LogP contribution in [0.4, 0.5) is 18.9 Å². The first-order chi connectivity index (χ1) is 11.2. The van der Waals surface area contributed by atoms with Gasteiger partial charge in [0.05, 0.1) is 16.3 Å². The quantitative estimate of drug-likeness (QED) is 0.589. The van der Waals surface area contributed by atoms with E-state index in [0.717, 1.165) is 24.8 Å². The van der Waals surface area contributed by atoms with E-state index in [1.54, 1.807) is 14.0 Å². The number of aryl methyl sites for hydroxylation is 1. The number of ether oxygens (including phenoxy) is 1. The Balaban J connectivity index is 0. The van der Waals surface area contributed by atoms with Crippen molar-refractivity contribution in [1.29, 1.82) is 0 Å². The number of benzene rings is 1. The lowest BCUT2D eigenvalue weighted by molar-refractivity contribution is -0.137. The van der Waals surface area contributed by atoms with Gasteiger partial charge in [-0.1, -0.05) is 32.4 Å². The second-order valence-corrected chi connectivity index (χ2v) is 6.22. The van der Waals surface area contributed by atoms with Gasteiger partial charge in [0.2, 0.25) is 0 Å². The zero-order valence-corrected chi connectivity index (χ0v) is 17.3. The van der Waals surface area contributed by atoms with E-state index in [1.807, 2.05) is 13.8 Å². The maximum atomic E-state index is 12.5. The summed E-state index contributed by atoms with van der Waals surface area (Å²) in [4.78, 5) is 0. The van der Waals surface area contributed by atoms with Crippen molar-refractivity contribution in [2.75, 3.05) is 26.1 Å². The Morgan fingerprint density at radius 3 is 2.21 bits per heavy atom. The molecule has 0 heterocycles. The fourth-order valence-corrected chi connectivity index (χ4v) is 2.20. The predicted octanol–water partition coefficient (Wildman–Crippen LogP) is 6.41. The average molecular weight is 388 g/mol. The summed E-state index contributed by atoms with van der Waals surface area (Å²) in [5.41, 5.74) is 0.422. The molecule has 1 N–H and O–H groups in total. The smallest absolute Gasteiger partial charge is 0.386 e. The number of anilines is 1. The molecule has 0 aliphatic carbocycles. The third-order valence-electron chi connectivity index (χ3n) is 3.01. The van der Waals surface area contributed by atoms with Crippen molar-refractivity contribution in [2.24, 2.45) is 0 Å². The molecule has 1 aromatic rings. The van der Waals surface area contributed by atoms with Gasteiger partial charge in [-0.05, 0) is 43.1 Å². The largest absolute Gasteiger partial charge is 0.418 e. The Hall–Kier alpha value is -0.510. The second-order valence-electron chi connectivity index (χ2n) is 4.87. The van der Waals surface area contributed by atoms with Crippen molar-refractivity contribution < 1.29 is 17.9 Å². The number of methoxy groups -OCH3 is 1. The van der Waals surface area contributed by atoms with Crippen LogP contribution in [0.2, 0.25) is 5.02 Å². The van der Waals surface area contributed by atoms with E-state index in [0.29, 0.717) is 5.56 Å². The van der Waals surface area contributed by atoms with Crippen molar-refractivity contribution >= 4 is 26.5 Å². The van der Waals surface area contributed by atoms with Gasteiger partial charge in [-0.2, -0.15) is 13.2 Å². The van der Waals surface area contributed by atoms with Gasteiger partial charge in [-0.25, -0.2) is 0 Å². The highest BCUT2D eigenvalue weighted by Crippen LogP contribution is 2.39. The van der Waals surface area contributed by atoms with Gasteiger partial charge >= 0.3 is 6.18 Å². The van der Waals surface area contributed by atoms with Crippen molar-refractivity contribution in [1.82, 2.24) is 0 Å². The lowest BCUT2D eigenvalue weighted by Crippen LogP contribution is -2.09. The summed E-state index contributed by atoms with van der Waals surface area (Å²) >= 11 is 5.68. The molecule has 0 saturated carbocycles. The highest BCUT2D eigenvalue weighted by atomic mass is 35.5. The van der Waals surface area contributed by atoms with Crippen molar-refractivity contribution in [2.45, 2.75) is 52.4 Å². The van der Waals surface area contributed by atoms with Crippen LogP contribution in [0.25, 0.3) is 0 Å². The van der Waals surface area contributed by atoms with Crippen LogP contribution in [0, 0.1) is 6.92 Å². The molecule has 0 spiro atoms. The number of alkyl halides is 3. The van der Waals surface area contributed by atoms with Crippen molar-refractivity contribution in [3.8, 4) is 0 Å². The van der Waals surface area contributed by atoms with Crippen LogP contribution < -0.4 is 5.32 Å². The van der Waals surface area contributed by atoms with E-state index in [4.69, 9.17) is 16.3 Å². The molecule has 24 heavy (non-hydrogen) atoms. The molecule has 2 unspecified atom stereocenters. The third-order valence-corrected chi connectivity index (χ3v) is 4.11. The van der Waals surface area contributed by atoms with Gasteiger partial charge in [0.15, 0.2) is 0 Å². The van der Waals surface area contributed by atoms with E-state index < -0.39 is 11.7 Å². The van der Waals surface area contributed by atoms with Crippen LogP contribution in [0.3, 0.4) is 0 Å². The molecule has 2 atom stereocenters. The lowest BCUT2D eigenvalue weighted by atomic mass is 10.1. The van der Waals surface area contributed by atoms with Crippen LogP contribution in [-0.2, 0) is 10.9 Å². The normalized spacial score (nSPS) is 11.6. The summed E-state index contributed by atoms with van der Waals surface area (Å²) in [6.07, 6.45) is -1.99. The Morgan fingerprint density at radius 2 is 1.83 bits per heavy atom. The van der Waals surface area contributed by atoms with E-state index in [1.165, 1.54) is 19.5 Å². The highest BCUT2D eigenvalue weighted by Gasteiger charge is 2.34. The monoisotopic (exact) mass is 387 g/mol. The molecule has 0 aliphatic rings. The molecule has 0 radical (unpaired) electrons. The molecule has 0 fully saturated rings. The number of hydrogen-bond acceptors (Lipinski definition) is 2. The third kappa shape index (κ3) is 10.4. The topological polar surface area (TPSA) is 21.3 Å². The molecule has 0 saturated heterocycles. The summed E-state index contributed by atoms with van der Waals surface area (Å²) < 4.78 is 42.4. The van der Waals surface area contributed by atoms with Gasteiger partial charge < -0.3 is 10.1 Å². The molecule has 142 valence electrons. The Labute approximate surface area is 151 Å². The number of halogens is 4. The lowest BCUT2D eigenvalue weighted by Gasteiger charge is -2.14. The SMILES string of the molecule is CC.CCC(P)CCOC.CNc1c(Cl)cc(C)cc1C(F)(F)F. The summed E-state index contributed by atoms with van der Waals surface area (Å²) in [5.74, 6) is 0. The van der Waals surface area contributed by atoms with E-state index >= 15 is 0 Å². The highest BCUT2D eigenvalue weighted by molar-refractivity contribution is 7.17. The minimum Gasteiger partial charge on any atom is -0.386 e. The molecule has 0 aromatic heterocycles. The minimum absolute atomic E-state index is 0.0789. The van der Waals surface area contributed by atoms with Crippen LogP contribution in [0.15, 0.2) is 12.1 Å². The average Bonchev–Trinajstić information content (AvgIpc) is 2.53. The summed E-state index contributed by atoms with van der Waals surface area (Å²) in [6, 6.07) is 2.56. The van der Waals surface area contributed by atoms with Gasteiger partial charge in [0.25, 0.3) is 0 Å². The number of hydrogen-bond donors (Lipinski definition) is 1. The Morgan fingerprint density at radius 1 is 1.29 bits per heavy atom. The molecule has 0 bridgehead atoms. The van der Waals surface area contributed by atoms with Crippen LogP contribution >= 0.6 is 20.8 Å². The van der Waals surface area contributed by atoms with Gasteiger partial charge in [0, 0.05) is 20.8 Å². The second kappa shape index (κ2) is 13.7. The molecule has 2 nitrogen and oxygen atoms in total. The fourth-order valence-electron chi connectivity index (χ4n) is 1.69. The predicted molar refractivity (Wildman–Crippen MR) is 102 cm³/mol. The number of nitrogens with one attached hydrogen (secondary N) is 1. The van der Waals surface area contributed by atoms with Gasteiger partial charge in [-0.3, -0.25) is 0 Å². The van der Waals surface area contributed by atoms with Crippen LogP contribution in [0.1, 0.15) is 44.7 Å². The van der Waals surface area contributed by atoms with Crippen LogP contribution in [-0.4, -0.2) is 26.4 Å².